The van der Waals surface area contributed by atoms with Crippen LogP contribution in [0.3, 0.4) is 0 Å². The molecule has 1 saturated carbocycles. The summed E-state index contributed by atoms with van der Waals surface area (Å²) in [5, 5.41) is 49.9. The van der Waals surface area contributed by atoms with E-state index in [1.807, 2.05) is 0 Å². The predicted octanol–water partition coefficient (Wildman–Crippen LogP) is 6.97. The van der Waals surface area contributed by atoms with Crippen LogP contribution in [0.1, 0.15) is 155 Å². The van der Waals surface area contributed by atoms with E-state index < -0.39 is 63.1 Å². The third-order valence-electron chi connectivity index (χ3n) is 9.33. The van der Waals surface area contributed by atoms with Gasteiger partial charge < -0.3 is 39.9 Å². The molecule has 1 rings (SSSR count). The Morgan fingerprint density at radius 3 is 1.63 bits per heavy atom. The Kier molecular flexibility index (Phi) is 29.2. The lowest BCUT2D eigenvalue weighted by Gasteiger charge is -2.41. The maximum absolute atomic E-state index is 12.7. The molecule has 6 N–H and O–H groups in total. The number of hydrogen-bond acceptors (Lipinski definition) is 11. The van der Waals surface area contributed by atoms with E-state index in [1.54, 1.807) is 0 Å². The molecule has 0 bridgehead atoms. The zero-order valence-electron chi connectivity index (χ0n) is 32.1. The van der Waals surface area contributed by atoms with Crippen molar-refractivity contribution < 1.29 is 58.3 Å². The average Bonchev–Trinajstić information content (AvgIpc) is 3.12. The van der Waals surface area contributed by atoms with Crippen LogP contribution in [-0.2, 0) is 27.9 Å². The maximum atomic E-state index is 12.7. The lowest BCUT2D eigenvalue weighted by atomic mass is 9.85. The number of hydrogen-bond donors (Lipinski definition) is 6. The van der Waals surface area contributed by atoms with Gasteiger partial charge in [-0.05, 0) is 44.9 Å². The summed E-state index contributed by atoms with van der Waals surface area (Å²) in [5.41, 5.74) is 0. The summed E-state index contributed by atoms with van der Waals surface area (Å²) in [7, 11) is -5.01. The molecule has 52 heavy (non-hydrogen) atoms. The van der Waals surface area contributed by atoms with Crippen LogP contribution in [0.15, 0.2) is 24.3 Å². The SMILES string of the molecule is CCCCCC/C=C\C/C=C\CCCCCCCC(=O)OC(COCCCCCCCCCCC)COP(=O)(O)OC1C(O)C(O)C(O)C(O)C1O. The van der Waals surface area contributed by atoms with Crippen molar-refractivity contribution in [3.8, 4) is 0 Å². The van der Waals surface area contributed by atoms with Crippen molar-refractivity contribution in [3.05, 3.63) is 24.3 Å². The van der Waals surface area contributed by atoms with Gasteiger partial charge in [0.25, 0.3) is 0 Å². The monoisotopic (exact) mass is 764 g/mol. The molecule has 1 aliphatic carbocycles. The van der Waals surface area contributed by atoms with Crippen molar-refractivity contribution in [2.45, 2.75) is 198 Å². The molecule has 12 nitrogen and oxygen atoms in total. The molecule has 13 heteroatoms. The third-order valence-corrected chi connectivity index (χ3v) is 10.3. The first kappa shape index (κ1) is 48.8. The highest BCUT2D eigenvalue weighted by Gasteiger charge is 2.51. The number of phosphoric ester groups is 1. The van der Waals surface area contributed by atoms with Crippen LogP contribution in [0.4, 0.5) is 0 Å². The zero-order valence-corrected chi connectivity index (χ0v) is 33.0. The highest BCUT2D eigenvalue weighted by Crippen LogP contribution is 2.47. The molecule has 1 fully saturated rings. The van der Waals surface area contributed by atoms with Crippen molar-refractivity contribution in [1.82, 2.24) is 0 Å². The molecule has 6 atom stereocenters. The molecule has 6 unspecified atom stereocenters. The normalized spacial score (nSPS) is 24.1. The standard InChI is InChI=1S/C39H73O12P/c1-3-5-7-9-11-13-14-15-16-17-18-19-20-22-24-26-28-33(40)50-32(30-48-29-27-25-23-21-12-10-8-6-4-2)31-49-52(46,47)51-39-37(44)35(42)34(41)36(43)38(39)45/h13-14,16-17,32,34-39,41-45H,3-12,15,18-31H2,1-2H3,(H,46,47)/b14-13-,17-16-. The van der Waals surface area contributed by atoms with E-state index >= 15 is 0 Å². The van der Waals surface area contributed by atoms with Crippen molar-refractivity contribution >= 4 is 13.8 Å². The molecule has 1 aliphatic rings. The van der Waals surface area contributed by atoms with Crippen molar-refractivity contribution in [3.63, 3.8) is 0 Å². The van der Waals surface area contributed by atoms with E-state index in [0.29, 0.717) is 13.0 Å². The number of rotatable bonds is 33. The lowest BCUT2D eigenvalue weighted by Crippen LogP contribution is -2.64. The molecular weight excluding hydrogens is 691 g/mol. The quantitative estimate of drug-likeness (QED) is 0.0174. The zero-order chi connectivity index (χ0) is 38.5. The van der Waals surface area contributed by atoms with Crippen LogP contribution in [-0.4, -0.2) is 98.9 Å². The van der Waals surface area contributed by atoms with Gasteiger partial charge in [-0.25, -0.2) is 4.57 Å². The molecule has 0 saturated heterocycles. The number of esters is 1. The summed E-state index contributed by atoms with van der Waals surface area (Å²) in [5.74, 6) is -0.492. The Hall–Kier alpha value is -1.18. The first-order valence-corrected chi connectivity index (χ1v) is 21.7. The largest absolute Gasteiger partial charge is 0.472 e. The smallest absolute Gasteiger partial charge is 0.457 e. The second kappa shape index (κ2) is 31.1. The van der Waals surface area contributed by atoms with Crippen LogP contribution in [0, 0.1) is 0 Å². The first-order chi connectivity index (χ1) is 25.0. The Balaban J connectivity index is 2.45. The van der Waals surface area contributed by atoms with Crippen LogP contribution in [0.2, 0.25) is 0 Å². The minimum atomic E-state index is -5.01. The Labute approximate surface area is 313 Å². The second-order valence-corrected chi connectivity index (χ2v) is 15.5. The summed E-state index contributed by atoms with van der Waals surface area (Å²) in [6, 6.07) is 0. The fraction of sp³-hybridized carbons (Fsp3) is 0.872. The van der Waals surface area contributed by atoms with E-state index in [4.69, 9.17) is 18.5 Å². The van der Waals surface area contributed by atoms with Crippen LogP contribution < -0.4 is 0 Å². The van der Waals surface area contributed by atoms with Gasteiger partial charge >= 0.3 is 13.8 Å². The number of carbonyl (C=O) groups excluding carboxylic acids is 1. The van der Waals surface area contributed by atoms with E-state index in [0.717, 1.165) is 64.2 Å². The molecule has 0 aliphatic heterocycles. The number of carbonyl (C=O) groups is 1. The van der Waals surface area contributed by atoms with Gasteiger partial charge in [0, 0.05) is 13.0 Å². The molecule has 0 aromatic carbocycles. The number of allylic oxidation sites excluding steroid dienone is 4. The number of aliphatic hydroxyl groups excluding tert-OH is 5. The molecule has 0 radical (unpaired) electrons. The van der Waals surface area contributed by atoms with E-state index in [1.165, 1.54) is 64.2 Å². The summed E-state index contributed by atoms with van der Waals surface area (Å²) < 4.78 is 33.9. The Morgan fingerprint density at radius 2 is 1.08 bits per heavy atom. The van der Waals surface area contributed by atoms with Gasteiger partial charge in [0.2, 0.25) is 0 Å². The minimum absolute atomic E-state index is 0.0800. The fourth-order valence-electron chi connectivity index (χ4n) is 6.03. The summed E-state index contributed by atoms with van der Waals surface area (Å²) in [6.07, 6.45) is 19.8. The Bertz CT molecular complexity index is 963. The van der Waals surface area contributed by atoms with Gasteiger partial charge in [-0.1, -0.05) is 128 Å². The van der Waals surface area contributed by atoms with E-state index in [2.05, 4.69) is 38.2 Å². The van der Waals surface area contributed by atoms with E-state index in [9.17, 15) is 39.8 Å². The summed E-state index contributed by atoms with van der Waals surface area (Å²) >= 11 is 0. The van der Waals surface area contributed by atoms with Gasteiger partial charge in [-0.2, -0.15) is 0 Å². The topological polar surface area (TPSA) is 192 Å². The van der Waals surface area contributed by atoms with Crippen LogP contribution in [0.5, 0.6) is 0 Å². The van der Waals surface area contributed by atoms with E-state index in [-0.39, 0.29) is 13.0 Å². The lowest BCUT2D eigenvalue weighted by molar-refractivity contribution is -0.220. The van der Waals surface area contributed by atoms with Gasteiger partial charge in [0.15, 0.2) is 0 Å². The molecule has 306 valence electrons. The van der Waals surface area contributed by atoms with Crippen molar-refractivity contribution in [2.24, 2.45) is 0 Å². The molecule has 0 spiro atoms. The van der Waals surface area contributed by atoms with Gasteiger partial charge in [0.1, 0.15) is 42.7 Å². The number of aliphatic hydroxyl groups is 5. The minimum Gasteiger partial charge on any atom is -0.457 e. The highest BCUT2D eigenvalue weighted by molar-refractivity contribution is 7.47. The second-order valence-electron chi connectivity index (χ2n) is 14.1. The maximum Gasteiger partial charge on any atom is 0.472 e. The van der Waals surface area contributed by atoms with Crippen LogP contribution >= 0.6 is 7.82 Å². The van der Waals surface area contributed by atoms with Gasteiger partial charge in [-0.3, -0.25) is 13.8 Å². The van der Waals surface area contributed by atoms with Crippen LogP contribution in [0.25, 0.3) is 0 Å². The molecule has 0 aromatic rings. The third kappa shape index (κ3) is 23.6. The molecule has 0 heterocycles. The summed E-state index contributed by atoms with van der Waals surface area (Å²) in [6.45, 7) is 4.18. The fourth-order valence-corrected chi connectivity index (χ4v) is 7.00. The molecule has 0 amide bonds. The molecule has 0 aromatic heterocycles. The predicted molar refractivity (Wildman–Crippen MR) is 203 cm³/mol. The first-order valence-electron chi connectivity index (χ1n) is 20.2. The Morgan fingerprint density at radius 1 is 0.615 bits per heavy atom. The van der Waals surface area contributed by atoms with Crippen molar-refractivity contribution in [1.29, 1.82) is 0 Å². The molecular formula is C39H73O12P. The van der Waals surface area contributed by atoms with Crippen molar-refractivity contribution in [2.75, 3.05) is 19.8 Å². The summed E-state index contributed by atoms with van der Waals surface area (Å²) in [4.78, 5) is 23.0. The number of phosphoric acid groups is 1. The average molecular weight is 765 g/mol. The number of ether oxygens (including phenoxy) is 2. The number of unbranched alkanes of at least 4 members (excludes halogenated alkanes) is 17. The van der Waals surface area contributed by atoms with Gasteiger partial charge in [-0.15, -0.1) is 0 Å². The van der Waals surface area contributed by atoms with Gasteiger partial charge in [0.05, 0.1) is 13.2 Å². The highest BCUT2D eigenvalue weighted by atomic mass is 31.2.